The van der Waals surface area contributed by atoms with Gasteiger partial charge in [0, 0.05) is 21.7 Å². The molecule has 0 saturated carbocycles. The number of esters is 1. The standard InChI is InChI=1S/C26H26ClNO2/c1-3-9-19(2)20-14-16-22(17-15-20)26(30-25(29)18-28,21-10-5-4-6-11-21)23-12-7-8-13-24(23)27/h4-8,10-17H,2-3,9,18,28H2,1H3. The van der Waals surface area contributed by atoms with Crippen LogP contribution in [0.15, 0.2) is 85.4 Å². The van der Waals surface area contributed by atoms with Gasteiger partial charge in [-0.2, -0.15) is 0 Å². The average molecular weight is 420 g/mol. The van der Waals surface area contributed by atoms with Crippen LogP contribution >= 0.6 is 11.6 Å². The summed E-state index contributed by atoms with van der Waals surface area (Å²) in [6, 6.07) is 25.0. The van der Waals surface area contributed by atoms with Crippen molar-refractivity contribution in [2.45, 2.75) is 25.4 Å². The first-order valence-electron chi connectivity index (χ1n) is 10.0. The maximum atomic E-state index is 12.5. The predicted molar refractivity (Wildman–Crippen MR) is 123 cm³/mol. The third-order valence-electron chi connectivity index (χ3n) is 5.12. The second-order valence-corrected chi connectivity index (χ2v) is 7.54. The van der Waals surface area contributed by atoms with E-state index in [2.05, 4.69) is 13.5 Å². The Morgan fingerprint density at radius 2 is 1.57 bits per heavy atom. The van der Waals surface area contributed by atoms with Gasteiger partial charge in [-0.3, -0.25) is 4.79 Å². The molecule has 4 heteroatoms. The lowest BCUT2D eigenvalue weighted by atomic mass is 9.79. The highest BCUT2D eigenvalue weighted by molar-refractivity contribution is 6.31. The first-order valence-corrected chi connectivity index (χ1v) is 10.4. The first-order chi connectivity index (χ1) is 14.5. The minimum atomic E-state index is -1.22. The van der Waals surface area contributed by atoms with Crippen LogP contribution in [0.4, 0.5) is 0 Å². The molecule has 154 valence electrons. The Labute approximate surface area is 183 Å². The lowest BCUT2D eigenvalue weighted by Gasteiger charge is -2.36. The zero-order valence-corrected chi connectivity index (χ0v) is 17.9. The molecule has 0 aromatic heterocycles. The van der Waals surface area contributed by atoms with E-state index in [9.17, 15) is 4.79 Å². The molecule has 0 spiro atoms. The van der Waals surface area contributed by atoms with E-state index in [1.54, 1.807) is 6.07 Å². The Morgan fingerprint density at radius 3 is 2.17 bits per heavy atom. The van der Waals surface area contributed by atoms with Gasteiger partial charge in [-0.05, 0) is 23.6 Å². The van der Waals surface area contributed by atoms with Crippen molar-refractivity contribution < 1.29 is 9.53 Å². The molecule has 0 aliphatic carbocycles. The van der Waals surface area contributed by atoms with Crippen molar-refractivity contribution >= 4 is 23.1 Å². The third kappa shape index (κ3) is 4.33. The fourth-order valence-corrected chi connectivity index (χ4v) is 3.94. The molecule has 0 aliphatic heterocycles. The minimum Gasteiger partial charge on any atom is -0.443 e. The van der Waals surface area contributed by atoms with Crippen molar-refractivity contribution in [1.82, 2.24) is 0 Å². The molecule has 3 aromatic rings. The summed E-state index contributed by atoms with van der Waals surface area (Å²) in [6.07, 6.45) is 1.96. The van der Waals surface area contributed by atoms with Gasteiger partial charge in [0.1, 0.15) is 0 Å². The molecule has 3 rings (SSSR count). The third-order valence-corrected chi connectivity index (χ3v) is 5.45. The van der Waals surface area contributed by atoms with Crippen molar-refractivity contribution in [1.29, 1.82) is 0 Å². The lowest BCUT2D eigenvalue weighted by Crippen LogP contribution is -2.37. The summed E-state index contributed by atoms with van der Waals surface area (Å²) in [4.78, 5) is 12.5. The first kappa shape index (κ1) is 21.8. The normalized spacial score (nSPS) is 12.8. The number of hydrogen-bond donors (Lipinski definition) is 1. The smallest absolute Gasteiger partial charge is 0.321 e. The fourth-order valence-electron chi connectivity index (χ4n) is 3.67. The Hall–Kier alpha value is -2.88. The molecule has 0 bridgehead atoms. The van der Waals surface area contributed by atoms with Crippen LogP contribution in [0.25, 0.3) is 5.57 Å². The zero-order chi connectivity index (χ0) is 21.6. The quantitative estimate of drug-likeness (QED) is 0.362. The number of allylic oxidation sites excluding steroid dienone is 1. The highest BCUT2D eigenvalue weighted by Gasteiger charge is 2.41. The van der Waals surface area contributed by atoms with Crippen LogP contribution in [-0.2, 0) is 15.1 Å². The predicted octanol–water partition coefficient (Wildman–Crippen LogP) is 5.95. The molecule has 0 radical (unpaired) electrons. The van der Waals surface area contributed by atoms with Gasteiger partial charge >= 0.3 is 5.97 Å². The van der Waals surface area contributed by atoms with Crippen LogP contribution in [0.5, 0.6) is 0 Å². The number of rotatable bonds is 8. The highest BCUT2D eigenvalue weighted by atomic mass is 35.5. The van der Waals surface area contributed by atoms with Gasteiger partial charge in [-0.15, -0.1) is 0 Å². The minimum absolute atomic E-state index is 0.232. The van der Waals surface area contributed by atoms with Gasteiger partial charge < -0.3 is 10.5 Å². The summed E-state index contributed by atoms with van der Waals surface area (Å²) in [5.74, 6) is -0.516. The molecule has 2 N–H and O–H groups in total. The molecule has 3 nitrogen and oxygen atoms in total. The van der Waals surface area contributed by atoms with Gasteiger partial charge in [0.25, 0.3) is 0 Å². The summed E-state index contributed by atoms with van der Waals surface area (Å²) >= 11 is 6.62. The number of hydrogen-bond acceptors (Lipinski definition) is 3. The summed E-state index contributed by atoms with van der Waals surface area (Å²) in [5, 5.41) is 0.505. The molecule has 0 aliphatic rings. The van der Waals surface area contributed by atoms with E-state index in [0.717, 1.165) is 35.1 Å². The van der Waals surface area contributed by atoms with E-state index >= 15 is 0 Å². The highest BCUT2D eigenvalue weighted by Crippen LogP contribution is 2.43. The molecule has 1 unspecified atom stereocenters. The van der Waals surface area contributed by atoms with Crippen LogP contribution in [0, 0.1) is 0 Å². The average Bonchev–Trinajstić information content (AvgIpc) is 2.79. The van der Waals surface area contributed by atoms with Crippen LogP contribution in [0.2, 0.25) is 5.02 Å². The molecule has 3 aromatic carbocycles. The van der Waals surface area contributed by atoms with Crippen molar-refractivity contribution in [3.8, 4) is 0 Å². The van der Waals surface area contributed by atoms with Crippen LogP contribution < -0.4 is 5.73 Å². The second kappa shape index (κ2) is 9.75. The molecule has 0 heterocycles. The largest absolute Gasteiger partial charge is 0.443 e. The maximum Gasteiger partial charge on any atom is 0.321 e. The number of nitrogens with two attached hydrogens (primary N) is 1. The van der Waals surface area contributed by atoms with E-state index in [4.69, 9.17) is 22.1 Å². The van der Waals surface area contributed by atoms with Crippen LogP contribution in [0.1, 0.15) is 42.0 Å². The molecular formula is C26H26ClNO2. The molecule has 0 amide bonds. The molecule has 0 saturated heterocycles. The van der Waals surface area contributed by atoms with Crippen molar-refractivity contribution in [2.24, 2.45) is 5.73 Å². The second-order valence-electron chi connectivity index (χ2n) is 7.14. The van der Waals surface area contributed by atoms with E-state index in [1.165, 1.54) is 0 Å². The lowest BCUT2D eigenvalue weighted by molar-refractivity contribution is -0.151. The van der Waals surface area contributed by atoms with E-state index in [1.807, 2.05) is 72.8 Å². The number of carbonyl (C=O) groups excluding carboxylic acids is 1. The topological polar surface area (TPSA) is 52.3 Å². The van der Waals surface area contributed by atoms with E-state index < -0.39 is 11.6 Å². The SMILES string of the molecule is C=C(CCC)c1ccc(C(OC(=O)CN)(c2ccccc2)c2ccccc2Cl)cc1. The van der Waals surface area contributed by atoms with Crippen molar-refractivity contribution in [3.63, 3.8) is 0 Å². The summed E-state index contributed by atoms with van der Waals surface area (Å²) < 4.78 is 6.10. The molecule has 1 atom stereocenters. The van der Waals surface area contributed by atoms with Gasteiger partial charge in [0.2, 0.25) is 0 Å². The monoisotopic (exact) mass is 419 g/mol. The van der Waals surface area contributed by atoms with Crippen molar-refractivity contribution in [3.05, 3.63) is 113 Å². The van der Waals surface area contributed by atoms with E-state index in [-0.39, 0.29) is 6.54 Å². The van der Waals surface area contributed by atoms with Gasteiger partial charge in [-0.1, -0.05) is 104 Å². The Balaban J connectivity index is 2.26. The summed E-state index contributed by atoms with van der Waals surface area (Å²) in [6.45, 7) is 6.07. The number of ether oxygens (including phenoxy) is 1. The summed E-state index contributed by atoms with van der Waals surface area (Å²) in [5.41, 5.74) is 8.81. The van der Waals surface area contributed by atoms with Crippen LogP contribution in [0.3, 0.4) is 0 Å². The van der Waals surface area contributed by atoms with Gasteiger partial charge in [0.05, 0.1) is 6.54 Å². The summed E-state index contributed by atoms with van der Waals surface area (Å²) in [7, 11) is 0. The Kier molecular flexibility index (Phi) is 7.09. The molecular weight excluding hydrogens is 394 g/mol. The van der Waals surface area contributed by atoms with Crippen LogP contribution in [-0.4, -0.2) is 12.5 Å². The number of benzene rings is 3. The van der Waals surface area contributed by atoms with Gasteiger partial charge in [-0.25, -0.2) is 0 Å². The fraction of sp³-hybridized carbons (Fsp3) is 0.192. The zero-order valence-electron chi connectivity index (χ0n) is 17.1. The van der Waals surface area contributed by atoms with Crippen molar-refractivity contribution in [2.75, 3.05) is 6.54 Å². The number of halogens is 1. The number of carbonyl (C=O) groups is 1. The molecule has 0 fully saturated rings. The van der Waals surface area contributed by atoms with Gasteiger partial charge in [0.15, 0.2) is 5.60 Å². The maximum absolute atomic E-state index is 12.5. The van der Waals surface area contributed by atoms with E-state index in [0.29, 0.717) is 10.6 Å². The Morgan fingerprint density at radius 1 is 0.967 bits per heavy atom. The molecule has 30 heavy (non-hydrogen) atoms. The Bertz CT molecular complexity index is 1010.